The Labute approximate surface area is 136 Å². The Kier molecular flexibility index (Phi) is 4.57. The first kappa shape index (κ1) is 15.5. The number of nitrogens with one attached hydrogen (secondary N) is 1. The summed E-state index contributed by atoms with van der Waals surface area (Å²) in [4.78, 5) is 20.7. The predicted octanol–water partition coefficient (Wildman–Crippen LogP) is 3.87. The van der Waals surface area contributed by atoms with E-state index in [1.54, 1.807) is 30.5 Å². The zero-order valence-corrected chi connectivity index (χ0v) is 13.1. The molecule has 0 bridgehead atoms. The number of oxazole rings is 1. The van der Waals surface area contributed by atoms with Gasteiger partial charge in [-0.1, -0.05) is 30.8 Å². The smallest absolute Gasteiger partial charge is 0.259 e. The van der Waals surface area contributed by atoms with E-state index in [1.165, 1.54) is 23.9 Å². The van der Waals surface area contributed by atoms with Gasteiger partial charge in [-0.05, 0) is 30.7 Å². The summed E-state index contributed by atoms with van der Waals surface area (Å²) in [5.74, 6) is -0.760. The number of amides is 1. The monoisotopic (exact) mass is 331 g/mol. The molecular weight excluding hydrogens is 317 g/mol. The van der Waals surface area contributed by atoms with Crippen LogP contribution in [0.5, 0.6) is 0 Å². The highest BCUT2D eigenvalue weighted by molar-refractivity contribution is 8.00. The van der Waals surface area contributed by atoms with Gasteiger partial charge in [0, 0.05) is 6.20 Å². The van der Waals surface area contributed by atoms with E-state index in [0.29, 0.717) is 22.9 Å². The number of anilines is 1. The molecule has 0 saturated heterocycles. The largest absolute Gasteiger partial charge is 0.430 e. The van der Waals surface area contributed by atoms with E-state index in [2.05, 4.69) is 15.3 Å². The van der Waals surface area contributed by atoms with Crippen molar-refractivity contribution in [1.82, 2.24) is 9.97 Å². The fraction of sp³-hybridized carbons (Fsp3) is 0.188. The van der Waals surface area contributed by atoms with Crippen LogP contribution in [0, 0.1) is 5.82 Å². The van der Waals surface area contributed by atoms with Crippen LogP contribution in [0.3, 0.4) is 0 Å². The number of carbonyl (C=O) groups is 1. The molecule has 1 aromatic carbocycles. The van der Waals surface area contributed by atoms with Gasteiger partial charge in [-0.25, -0.2) is 9.37 Å². The topological polar surface area (TPSA) is 68.0 Å². The van der Waals surface area contributed by atoms with Crippen LogP contribution < -0.4 is 5.32 Å². The molecule has 0 radical (unpaired) electrons. The lowest BCUT2D eigenvalue weighted by Gasteiger charge is -2.13. The Morgan fingerprint density at radius 3 is 2.91 bits per heavy atom. The van der Waals surface area contributed by atoms with Gasteiger partial charge < -0.3 is 9.73 Å². The number of carbonyl (C=O) groups excluding carboxylic acids is 1. The van der Waals surface area contributed by atoms with Crippen LogP contribution in [0.4, 0.5) is 10.1 Å². The van der Waals surface area contributed by atoms with Crippen LogP contribution >= 0.6 is 11.8 Å². The molecule has 0 aliphatic rings. The third kappa shape index (κ3) is 3.50. The van der Waals surface area contributed by atoms with Crippen LogP contribution in [-0.4, -0.2) is 21.1 Å². The normalized spacial score (nSPS) is 12.3. The minimum atomic E-state index is -0.466. The summed E-state index contributed by atoms with van der Waals surface area (Å²) in [7, 11) is 0. The summed E-state index contributed by atoms with van der Waals surface area (Å²) < 4.78 is 19.2. The number of halogens is 1. The molecular formula is C16H14FN3O2S. The van der Waals surface area contributed by atoms with Gasteiger partial charge in [0.05, 0.1) is 10.9 Å². The zero-order chi connectivity index (χ0) is 16.2. The SMILES string of the molecule is CC[C@@H](Sc1nc2ncccc2o1)C(=O)Nc1ccccc1F. The predicted molar refractivity (Wildman–Crippen MR) is 86.8 cm³/mol. The minimum absolute atomic E-state index is 0.163. The second-order valence-electron chi connectivity index (χ2n) is 4.79. The van der Waals surface area contributed by atoms with Crippen LogP contribution in [-0.2, 0) is 4.79 Å². The third-order valence-electron chi connectivity index (χ3n) is 3.18. The molecule has 0 unspecified atom stereocenters. The molecule has 0 fully saturated rings. The highest BCUT2D eigenvalue weighted by Gasteiger charge is 2.22. The quantitative estimate of drug-likeness (QED) is 0.719. The van der Waals surface area contributed by atoms with Crippen molar-refractivity contribution in [3.63, 3.8) is 0 Å². The first-order valence-electron chi connectivity index (χ1n) is 7.11. The third-order valence-corrected chi connectivity index (χ3v) is 4.39. The Balaban J connectivity index is 1.74. The van der Waals surface area contributed by atoms with E-state index in [1.807, 2.05) is 6.92 Å². The number of rotatable bonds is 5. The first-order chi connectivity index (χ1) is 11.2. The molecule has 0 aliphatic carbocycles. The number of nitrogens with zero attached hydrogens (tertiary/aromatic N) is 2. The van der Waals surface area contributed by atoms with Gasteiger partial charge in [-0.3, -0.25) is 4.79 Å². The van der Waals surface area contributed by atoms with E-state index in [4.69, 9.17) is 4.42 Å². The molecule has 23 heavy (non-hydrogen) atoms. The van der Waals surface area contributed by atoms with E-state index in [0.717, 1.165) is 0 Å². The summed E-state index contributed by atoms with van der Waals surface area (Å²) in [6.45, 7) is 1.87. The Bertz CT molecular complexity index is 804. The van der Waals surface area contributed by atoms with Gasteiger partial charge in [-0.15, -0.1) is 0 Å². The van der Waals surface area contributed by atoms with Gasteiger partial charge in [-0.2, -0.15) is 4.98 Å². The van der Waals surface area contributed by atoms with Crippen molar-refractivity contribution in [2.75, 3.05) is 5.32 Å². The fourth-order valence-corrected chi connectivity index (χ4v) is 2.87. The van der Waals surface area contributed by atoms with Crippen LogP contribution in [0.15, 0.2) is 52.2 Å². The average molecular weight is 331 g/mol. The summed E-state index contributed by atoms with van der Waals surface area (Å²) in [6, 6.07) is 9.58. The van der Waals surface area contributed by atoms with Crippen LogP contribution in [0.25, 0.3) is 11.2 Å². The lowest BCUT2D eigenvalue weighted by Crippen LogP contribution is -2.25. The van der Waals surface area contributed by atoms with E-state index >= 15 is 0 Å². The van der Waals surface area contributed by atoms with E-state index < -0.39 is 11.1 Å². The van der Waals surface area contributed by atoms with Crippen molar-refractivity contribution in [1.29, 1.82) is 0 Å². The van der Waals surface area contributed by atoms with Crippen molar-refractivity contribution in [3.8, 4) is 0 Å². The highest BCUT2D eigenvalue weighted by Crippen LogP contribution is 2.28. The molecule has 118 valence electrons. The lowest BCUT2D eigenvalue weighted by atomic mass is 10.2. The van der Waals surface area contributed by atoms with Crippen molar-refractivity contribution in [2.45, 2.75) is 23.8 Å². The number of thioether (sulfide) groups is 1. The molecule has 2 aromatic heterocycles. The standard InChI is InChI=1S/C16H14FN3O2S/c1-2-13(15(21)19-11-7-4-3-6-10(11)17)23-16-20-14-12(22-16)8-5-9-18-14/h3-9,13H,2H2,1H3,(H,19,21)/t13-/m1/s1. The first-order valence-corrected chi connectivity index (χ1v) is 7.99. The van der Waals surface area contributed by atoms with Crippen LogP contribution in [0.1, 0.15) is 13.3 Å². The number of hydrogen-bond acceptors (Lipinski definition) is 5. The molecule has 0 aliphatic heterocycles. The van der Waals surface area contributed by atoms with Crippen molar-refractivity contribution in [2.24, 2.45) is 0 Å². The van der Waals surface area contributed by atoms with Crippen molar-refractivity contribution < 1.29 is 13.6 Å². The van der Waals surface area contributed by atoms with Crippen LogP contribution in [0.2, 0.25) is 0 Å². The zero-order valence-electron chi connectivity index (χ0n) is 12.3. The molecule has 3 aromatic rings. The Hall–Kier alpha value is -2.41. The molecule has 7 heteroatoms. The van der Waals surface area contributed by atoms with Gasteiger partial charge in [0.15, 0.2) is 11.2 Å². The lowest BCUT2D eigenvalue weighted by molar-refractivity contribution is -0.115. The van der Waals surface area contributed by atoms with Gasteiger partial charge in [0.2, 0.25) is 5.91 Å². The molecule has 1 N–H and O–H groups in total. The van der Waals surface area contributed by atoms with Gasteiger partial charge >= 0.3 is 0 Å². The molecule has 0 saturated carbocycles. The number of para-hydroxylation sites is 1. The Morgan fingerprint density at radius 1 is 1.35 bits per heavy atom. The molecule has 5 nitrogen and oxygen atoms in total. The fourth-order valence-electron chi connectivity index (χ4n) is 2.02. The number of aromatic nitrogens is 2. The molecule has 2 heterocycles. The summed E-state index contributed by atoms with van der Waals surface area (Å²) >= 11 is 1.20. The number of pyridine rings is 1. The van der Waals surface area contributed by atoms with E-state index in [-0.39, 0.29) is 11.6 Å². The van der Waals surface area contributed by atoms with Crippen molar-refractivity contribution in [3.05, 3.63) is 48.4 Å². The second kappa shape index (κ2) is 6.78. The molecule has 1 atom stereocenters. The average Bonchev–Trinajstić information content (AvgIpc) is 2.97. The Morgan fingerprint density at radius 2 is 2.17 bits per heavy atom. The highest BCUT2D eigenvalue weighted by atomic mass is 32.2. The summed E-state index contributed by atoms with van der Waals surface area (Å²) in [5, 5.41) is 2.52. The summed E-state index contributed by atoms with van der Waals surface area (Å²) in [6.07, 6.45) is 2.18. The second-order valence-corrected chi connectivity index (χ2v) is 5.94. The van der Waals surface area contributed by atoms with Crippen molar-refractivity contribution >= 4 is 34.6 Å². The maximum atomic E-state index is 13.6. The molecule has 3 rings (SSSR count). The maximum Gasteiger partial charge on any atom is 0.259 e. The molecule has 1 amide bonds. The maximum absolute atomic E-state index is 13.6. The summed E-state index contributed by atoms with van der Waals surface area (Å²) in [5.41, 5.74) is 1.23. The van der Waals surface area contributed by atoms with E-state index in [9.17, 15) is 9.18 Å². The number of fused-ring (bicyclic) bond motifs is 1. The molecule has 0 spiro atoms. The van der Waals surface area contributed by atoms with Gasteiger partial charge in [0.1, 0.15) is 5.82 Å². The van der Waals surface area contributed by atoms with Gasteiger partial charge in [0.25, 0.3) is 5.22 Å². The number of benzene rings is 1. The number of hydrogen-bond donors (Lipinski definition) is 1. The minimum Gasteiger partial charge on any atom is -0.430 e.